The molecule has 0 unspecified atom stereocenters. The third-order valence-electron chi connectivity index (χ3n) is 1.88. The van der Waals surface area contributed by atoms with Crippen molar-refractivity contribution in [2.24, 2.45) is 0 Å². The molecule has 0 spiro atoms. The SMILES string of the molecule is O=c1occ(-c2ccccc2)cc1Br. The molecule has 14 heavy (non-hydrogen) atoms. The molecule has 0 aliphatic carbocycles. The van der Waals surface area contributed by atoms with E-state index < -0.39 is 0 Å². The van der Waals surface area contributed by atoms with Crippen LogP contribution in [0.15, 0.2) is 56.3 Å². The minimum atomic E-state index is -0.357. The lowest BCUT2D eigenvalue weighted by Gasteiger charge is -1.99. The Morgan fingerprint density at radius 3 is 2.43 bits per heavy atom. The lowest BCUT2D eigenvalue weighted by molar-refractivity contribution is 0.508. The van der Waals surface area contributed by atoms with Crippen LogP contribution in [0, 0.1) is 0 Å². The summed E-state index contributed by atoms with van der Waals surface area (Å²) in [5.74, 6) is 0. The zero-order valence-corrected chi connectivity index (χ0v) is 8.82. The first kappa shape index (κ1) is 9.21. The van der Waals surface area contributed by atoms with E-state index in [1.54, 1.807) is 6.07 Å². The number of rotatable bonds is 1. The average Bonchev–Trinajstić information content (AvgIpc) is 2.23. The molecule has 2 aromatic rings. The number of hydrogen-bond acceptors (Lipinski definition) is 2. The summed E-state index contributed by atoms with van der Waals surface area (Å²) in [6.07, 6.45) is 1.46. The monoisotopic (exact) mass is 250 g/mol. The maximum Gasteiger partial charge on any atom is 0.350 e. The van der Waals surface area contributed by atoms with Crippen molar-refractivity contribution in [2.75, 3.05) is 0 Å². The summed E-state index contributed by atoms with van der Waals surface area (Å²) in [4.78, 5) is 11.0. The molecule has 0 aliphatic heterocycles. The summed E-state index contributed by atoms with van der Waals surface area (Å²) >= 11 is 3.14. The number of benzene rings is 1. The molecule has 70 valence electrons. The molecular formula is C11H7BrO2. The first-order valence-corrected chi connectivity index (χ1v) is 4.90. The Morgan fingerprint density at radius 2 is 1.79 bits per heavy atom. The fraction of sp³-hybridized carbons (Fsp3) is 0. The molecule has 0 atom stereocenters. The molecule has 0 fully saturated rings. The highest BCUT2D eigenvalue weighted by Crippen LogP contribution is 2.19. The molecule has 1 aromatic carbocycles. The molecule has 0 N–H and O–H groups in total. The fourth-order valence-electron chi connectivity index (χ4n) is 1.18. The predicted molar refractivity (Wildman–Crippen MR) is 58.1 cm³/mol. The quantitative estimate of drug-likeness (QED) is 0.779. The van der Waals surface area contributed by atoms with Crippen LogP contribution in [-0.2, 0) is 0 Å². The van der Waals surface area contributed by atoms with Crippen LogP contribution in [-0.4, -0.2) is 0 Å². The standard InChI is InChI=1S/C11H7BrO2/c12-10-6-9(7-14-11(10)13)8-4-2-1-3-5-8/h1-7H. The molecule has 2 rings (SSSR count). The van der Waals surface area contributed by atoms with Gasteiger partial charge in [-0.25, -0.2) is 4.79 Å². The predicted octanol–water partition coefficient (Wildman–Crippen LogP) is 3.07. The fourth-order valence-corrected chi connectivity index (χ4v) is 1.52. The highest BCUT2D eigenvalue weighted by atomic mass is 79.9. The van der Waals surface area contributed by atoms with Crippen molar-refractivity contribution < 1.29 is 4.42 Å². The molecule has 0 saturated heterocycles. The minimum absolute atomic E-state index is 0.357. The van der Waals surface area contributed by atoms with Crippen molar-refractivity contribution in [3.63, 3.8) is 0 Å². The van der Waals surface area contributed by atoms with Crippen LogP contribution in [0.2, 0.25) is 0 Å². The Labute approximate surface area is 89.3 Å². The normalized spacial score (nSPS) is 10.1. The van der Waals surface area contributed by atoms with Crippen LogP contribution in [0.4, 0.5) is 0 Å². The molecule has 0 aliphatic rings. The molecule has 1 aromatic heterocycles. The van der Waals surface area contributed by atoms with Crippen LogP contribution in [0.1, 0.15) is 0 Å². The summed E-state index contributed by atoms with van der Waals surface area (Å²) in [5, 5.41) is 0. The van der Waals surface area contributed by atoms with Crippen molar-refractivity contribution in [1.29, 1.82) is 0 Å². The molecule has 0 saturated carbocycles. The number of halogens is 1. The third kappa shape index (κ3) is 1.77. The second kappa shape index (κ2) is 3.80. The van der Waals surface area contributed by atoms with Gasteiger partial charge in [-0.05, 0) is 27.6 Å². The van der Waals surface area contributed by atoms with E-state index in [9.17, 15) is 4.79 Å². The summed E-state index contributed by atoms with van der Waals surface area (Å²) < 4.78 is 5.28. The lowest BCUT2D eigenvalue weighted by Crippen LogP contribution is -1.98. The van der Waals surface area contributed by atoms with Gasteiger partial charge in [0.15, 0.2) is 0 Å². The van der Waals surface area contributed by atoms with Crippen molar-refractivity contribution in [3.8, 4) is 11.1 Å². The molecule has 1 heterocycles. The topological polar surface area (TPSA) is 30.2 Å². The van der Waals surface area contributed by atoms with Gasteiger partial charge in [-0.2, -0.15) is 0 Å². The van der Waals surface area contributed by atoms with E-state index in [0.717, 1.165) is 11.1 Å². The van der Waals surface area contributed by atoms with E-state index in [-0.39, 0.29) is 5.63 Å². The third-order valence-corrected chi connectivity index (χ3v) is 2.43. The van der Waals surface area contributed by atoms with Crippen molar-refractivity contribution >= 4 is 15.9 Å². The zero-order chi connectivity index (χ0) is 9.97. The van der Waals surface area contributed by atoms with E-state index in [4.69, 9.17) is 4.42 Å². The molecular weight excluding hydrogens is 244 g/mol. The second-order valence-corrected chi connectivity index (χ2v) is 3.69. The maximum atomic E-state index is 11.0. The van der Waals surface area contributed by atoms with E-state index in [1.165, 1.54) is 6.26 Å². The Bertz CT molecular complexity index is 488. The summed E-state index contributed by atoms with van der Waals surface area (Å²) in [6, 6.07) is 11.5. The van der Waals surface area contributed by atoms with Gasteiger partial charge in [0.25, 0.3) is 0 Å². The van der Waals surface area contributed by atoms with Gasteiger partial charge in [-0.3, -0.25) is 0 Å². The first-order chi connectivity index (χ1) is 6.77. The maximum absolute atomic E-state index is 11.0. The van der Waals surface area contributed by atoms with E-state index in [0.29, 0.717) is 4.47 Å². The van der Waals surface area contributed by atoms with E-state index in [1.807, 2.05) is 30.3 Å². The second-order valence-electron chi connectivity index (χ2n) is 2.84. The minimum Gasteiger partial charge on any atom is -0.430 e. The van der Waals surface area contributed by atoms with Crippen molar-refractivity contribution in [1.82, 2.24) is 0 Å². The number of hydrogen-bond donors (Lipinski definition) is 0. The molecule has 0 radical (unpaired) electrons. The van der Waals surface area contributed by atoms with Gasteiger partial charge in [-0.15, -0.1) is 0 Å². The summed E-state index contributed by atoms with van der Waals surface area (Å²) in [5.41, 5.74) is 1.55. The van der Waals surface area contributed by atoms with E-state index in [2.05, 4.69) is 15.9 Å². The lowest BCUT2D eigenvalue weighted by atomic mass is 10.1. The summed E-state index contributed by atoms with van der Waals surface area (Å²) in [6.45, 7) is 0. The molecule has 3 heteroatoms. The van der Waals surface area contributed by atoms with Crippen molar-refractivity contribution in [3.05, 3.63) is 57.6 Å². The van der Waals surface area contributed by atoms with Crippen LogP contribution in [0.25, 0.3) is 11.1 Å². The molecule has 0 bridgehead atoms. The van der Waals surface area contributed by atoms with Crippen LogP contribution >= 0.6 is 15.9 Å². The Morgan fingerprint density at radius 1 is 1.07 bits per heavy atom. The van der Waals surface area contributed by atoms with Gasteiger partial charge in [0, 0.05) is 5.56 Å². The van der Waals surface area contributed by atoms with E-state index >= 15 is 0 Å². The Kier molecular flexibility index (Phi) is 2.50. The van der Waals surface area contributed by atoms with Gasteiger partial charge in [0.05, 0.1) is 0 Å². The Hall–Kier alpha value is -1.35. The van der Waals surface area contributed by atoms with Crippen LogP contribution in [0.5, 0.6) is 0 Å². The molecule has 2 nitrogen and oxygen atoms in total. The highest BCUT2D eigenvalue weighted by molar-refractivity contribution is 9.10. The first-order valence-electron chi connectivity index (χ1n) is 4.11. The average molecular weight is 251 g/mol. The Balaban J connectivity index is 2.54. The zero-order valence-electron chi connectivity index (χ0n) is 7.24. The molecule has 0 amide bonds. The highest BCUT2D eigenvalue weighted by Gasteiger charge is 2.01. The van der Waals surface area contributed by atoms with Gasteiger partial charge in [0.1, 0.15) is 10.7 Å². The van der Waals surface area contributed by atoms with Crippen LogP contribution in [0.3, 0.4) is 0 Å². The summed E-state index contributed by atoms with van der Waals surface area (Å²) in [7, 11) is 0. The largest absolute Gasteiger partial charge is 0.430 e. The van der Waals surface area contributed by atoms with Gasteiger partial charge >= 0.3 is 5.63 Å². The van der Waals surface area contributed by atoms with Gasteiger partial charge < -0.3 is 4.42 Å². The van der Waals surface area contributed by atoms with Crippen molar-refractivity contribution in [2.45, 2.75) is 0 Å². The smallest absolute Gasteiger partial charge is 0.350 e. The van der Waals surface area contributed by atoms with Gasteiger partial charge in [-0.1, -0.05) is 30.3 Å². The van der Waals surface area contributed by atoms with Crippen LogP contribution < -0.4 is 5.63 Å². The van der Waals surface area contributed by atoms with Gasteiger partial charge in [0.2, 0.25) is 0 Å².